The second kappa shape index (κ2) is 4.92. The van der Waals surface area contributed by atoms with E-state index in [0.29, 0.717) is 11.6 Å². The van der Waals surface area contributed by atoms with Gasteiger partial charge in [-0.15, -0.1) is 0 Å². The van der Waals surface area contributed by atoms with Crippen LogP contribution < -0.4 is 4.90 Å². The van der Waals surface area contributed by atoms with Gasteiger partial charge in [0, 0.05) is 13.6 Å². The fraction of sp³-hybridized carbons (Fsp3) is 0.500. The van der Waals surface area contributed by atoms with Crippen molar-refractivity contribution in [3.8, 4) is 0 Å². The van der Waals surface area contributed by atoms with Gasteiger partial charge in [-0.3, -0.25) is 10.1 Å². The number of nitro groups is 1. The zero-order valence-electron chi connectivity index (χ0n) is 9.73. The van der Waals surface area contributed by atoms with Gasteiger partial charge in [0.15, 0.2) is 0 Å². The van der Waals surface area contributed by atoms with Gasteiger partial charge in [0.25, 0.3) is 0 Å². The quantitative estimate of drug-likeness (QED) is 0.610. The van der Waals surface area contributed by atoms with Crippen LogP contribution >= 0.6 is 11.6 Å². The first kappa shape index (κ1) is 12.2. The van der Waals surface area contributed by atoms with E-state index in [2.05, 4.69) is 0 Å². The molecular weight excluding hydrogens is 240 g/mol. The largest absolute Gasteiger partial charge is 0.369 e. The molecule has 0 aliphatic heterocycles. The molecule has 5 heteroatoms. The van der Waals surface area contributed by atoms with E-state index in [4.69, 9.17) is 11.6 Å². The predicted molar refractivity (Wildman–Crippen MR) is 68.7 cm³/mol. The minimum absolute atomic E-state index is 0.0102. The molecule has 0 unspecified atom stereocenters. The summed E-state index contributed by atoms with van der Waals surface area (Å²) in [7, 11) is 1.89. The summed E-state index contributed by atoms with van der Waals surface area (Å²) < 4.78 is 0. The highest BCUT2D eigenvalue weighted by atomic mass is 35.5. The molecule has 0 aromatic heterocycles. The number of nitro benzene ring substituents is 1. The van der Waals surface area contributed by atoms with Gasteiger partial charge in [0.2, 0.25) is 0 Å². The summed E-state index contributed by atoms with van der Waals surface area (Å²) in [5.41, 5.74) is 0.616. The van der Waals surface area contributed by atoms with E-state index in [9.17, 15) is 10.1 Å². The number of nitrogens with zero attached hydrogens (tertiary/aromatic N) is 2. The molecule has 0 heterocycles. The average molecular weight is 255 g/mol. The first-order valence-electron chi connectivity index (χ1n) is 5.73. The molecule has 1 aromatic rings. The topological polar surface area (TPSA) is 46.4 Å². The van der Waals surface area contributed by atoms with Crippen molar-refractivity contribution in [3.05, 3.63) is 33.3 Å². The van der Waals surface area contributed by atoms with Gasteiger partial charge >= 0.3 is 5.69 Å². The van der Waals surface area contributed by atoms with E-state index in [0.717, 1.165) is 6.54 Å². The van der Waals surface area contributed by atoms with Crippen LogP contribution in [-0.4, -0.2) is 18.5 Å². The Hall–Kier alpha value is -1.29. The van der Waals surface area contributed by atoms with Crippen molar-refractivity contribution in [2.24, 2.45) is 5.92 Å². The third-order valence-corrected chi connectivity index (χ3v) is 3.62. The van der Waals surface area contributed by atoms with Gasteiger partial charge in [-0.2, -0.15) is 0 Å². The molecule has 1 fully saturated rings. The van der Waals surface area contributed by atoms with E-state index in [-0.39, 0.29) is 10.7 Å². The highest BCUT2D eigenvalue weighted by Gasteiger charge is 2.24. The minimum Gasteiger partial charge on any atom is -0.369 e. The molecule has 0 saturated heterocycles. The molecule has 4 nitrogen and oxygen atoms in total. The Balaban J connectivity index is 2.23. The molecule has 0 bridgehead atoms. The van der Waals surface area contributed by atoms with Crippen LogP contribution in [0.3, 0.4) is 0 Å². The maximum absolute atomic E-state index is 11.0. The van der Waals surface area contributed by atoms with Crippen LogP contribution in [0.1, 0.15) is 19.3 Å². The highest BCUT2D eigenvalue weighted by Crippen LogP contribution is 2.36. The predicted octanol–water partition coefficient (Wildman–Crippen LogP) is 3.48. The van der Waals surface area contributed by atoms with Crippen LogP contribution in [0.4, 0.5) is 11.4 Å². The summed E-state index contributed by atoms with van der Waals surface area (Å²) in [6.45, 7) is 0.862. The van der Waals surface area contributed by atoms with E-state index in [1.54, 1.807) is 18.2 Å². The molecule has 0 amide bonds. The lowest BCUT2D eigenvalue weighted by Gasteiger charge is -2.31. The van der Waals surface area contributed by atoms with Crippen molar-refractivity contribution in [2.45, 2.75) is 19.3 Å². The van der Waals surface area contributed by atoms with E-state index in [1.807, 2.05) is 11.9 Å². The Labute approximate surface area is 105 Å². The fourth-order valence-electron chi connectivity index (χ4n) is 2.15. The average Bonchev–Trinajstić information content (AvgIpc) is 2.22. The third-order valence-electron chi connectivity index (χ3n) is 3.32. The summed E-state index contributed by atoms with van der Waals surface area (Å²) in [5, 5.41) is 11.2. The third kappa shape index (κ3) is 2.52. The molecular formula is C12H15ClN2O2. The van der Waals surface area contributed by atoms with Gasteiger partial charge < -0.3 is 4.90 Å². The Morgan fingerprint density at radius 2 is 2.24 bits per heavy atom. The van der Waals surface area contributed by atoms with Crippen LogP contribution in [0.2, 0.25) is 5.02 Å². The van der Waals surface area contributed by atoms with Crippen molar-refractivity contribution >= 4 is 23.0 Å². The summed E-state index contributed by atoms with van der Waals surface area (Å²) >= 11 is 5.88. The fourth-order valence-corrected chi connectivity index (χ4v) is 2.39. The number of anilines is 1. The maximum Gasteiger partial charge on any atom is 0.310 e. The number of para-hydroxylation sites is 1. The maximum atomic E-state index is 11.0. The number of hydrogen-bond acceptors (Lipinski definition) is 3. The molecule has 92 valence electrons. The minimum atomic E-state index is -0.408. The zero-order chi connectivity index (χ0) is 12.4. The molecule has 0 spiro atoms. The van der Waals surface area contributed by atoms with Crippen molar-refractivity contribution in [1.82, 2.24) is 0 Å². The summed E-state index contributed by atoms with van der Waals surface area (Å²) in [4.78, 5) is 12.5. The molecule has 1 aromatic carbocycles. The molecule has 17 heavy (non-hydrogen) atoms. The molecule has 2 rings (SSSR count). The molecule has 1 aliphatic carbocycles. The van der Waals surface area contributed by atoms with Crippen LogP contribution in [0, 0.1) is 16.0 Å². The lowest BCUT2D eigenvalue weighted by molar-refractivity contribution is -0.384. The number of halogens is 1. The lowest BCUT2D eigenvalue weighted by atomic mass is 9.85. The zero-order valence-corrected chi connectivity index (χ0v) is 10.5. The van der Waals surface area contributed by atoms with Crippen molar-refractivity contribution in [3.63, 3.8) is 0 Å². The standard InChI is InChI=1S/C12H15ClN2O2/c1-14(8-9-4-2-5-9)11-7-3-6-10(13)12(11)15(16)17/h3,6-7,9H,2,4-5,8H2,1H3. The van der Waals surface area contributed by atoms with Gasteiger partial charge in [0.1, 0.15) is 10.7 Å². The van der Waals surface area contributed by atoms with E-state index >= 15 is 0 Å². The first-order chi connectivity index (χ1) is 8.09. The van der Waals surface area contributed by atoms with E-state index in [1.165, 1.54) is 19.3 Å². The summed E-state index contributed by atoms with van der Waals surface area (Å²) in [6.07, 6.45) is 3.72. The van der Waals surface area contributed by atoms with Crippen LogP contribution in [0.5, 0.6) is 0 Å². The second-order valence-electron chi connectivity index (χ2n) is 4.54. The van der Waals surface area contributed by atoms with Gasteiger partial charge in [-0.25, -0.2) is 0 Å². The Morgan fingerprint density at radius 3 is 2.76 bits per heavy atom. The van der Waals surface area contributed by atoms with Crippen LogP contribution in [0.15, 0.2) is 18.2 Å². The monoisotopic (exact) mass is 254 g/mol. The normalized spacial score (nSPS) is 15.4. The molecule has 0 radical (unpaired) electrons. The Morgan fingerprint density at radius 1 is 1.53 bits per heavy atom. The molecule has 1 saturated carbocycles. The van der Waals surface area contributed by atoms with Crippen molar-refractivity contribution in [2.75, 3.05) is 18.5 Å². The molecule has 1 aliphatic rings. The first-order valence-corrected chi connectivity index (χ1v) is 6.11. The van der Waals surface area contributed by atoms with Crippen LogP contribution in [0.25, 0.3) is 0 Å². The lowest BCUT2D eigenvalue weighted by Crippen LogP contribution is -2.29. The highest BCUT2D eigenvalue weighted by molar-refractivity contribution is 6.33. The van der Waals surface area contributed by atoms with Gasteiger partial charge in [-0.1, -0.05) is 24.1 Å². The van der Waals surface area contributed by atoms with Crippen molar-refractivity contribution < 1.29 is 4.92 Å². The Kier molecular flexibility index (Phi) is 3.52. The van der Waals surface area contributed by atoms with Crippen molar-refractivity contribution in [1.29, 1.82) is 0 Å². The number of hydrogen-bond donors (Lipinski definition) is 0. The summed E-state index contributed by atoms with van der Waals surface area (Å²) in [6, 6.07) is 5.06. The Bertz CT molecular complexity index is 433. The molecule has 0 atom stereocenters. The number of rotatable bonds is 4. The smallest absolute Gasteiger partial charge is 0.310 e. The van der Waals surface area contributed by atoms with Gasteiger partial charge in [0.05, 0.1) is 4.92 Å². The molecule has 0 N–H and O–H groups in total. The van der Waals surface area contributed by atoms with Crippen LogP contribution in [-0.2, 0) is 0 Å². The second-order valence-corrected chi connectivity index (χ2v) is 4.95. The van der Waals surface area contributed by atoms with Gasteiger partial charge in [-0.05, 0) is 30.9 Å². The number of benzene rings is 1. The summed E-state index contributed by atoms with van der Waals surface area (Å²) in [5.74, 6) is 0.665. The SMILES string of the molecule is CN(CC1CCC1)c1cccc(Cl)c1[N+](=O)[O-]. The van der Waals surface area contributed by atoms with E-state index < -0.39 is 4.92 Å².